The van der Waals surface area contributed by atoms with Gasteiger partial charge >= 0.3 is 0 Å². The Morgan fingerprint density at radius 2 is 2.00 bits per heavy atom. The van der Waals surface area contributed by atoms with Gasteiger partial charge in [-0.05, 0) is 24.3 Å². The van der Waals surface area contributed by atoms with E-state index in [0.29, 0.717) is 16.3 Å². The number of halogens is 3. The van der Waals surface area contributed by atoms with Crippen LogP contribution >= 0.6 is 27.5 Å². The molecule has 0 amide bonds. The molecule has 2 nitrogen and oxygen atoms in total. The summed E-state index contributed by atoms with van der Waals surface area (Å²) in [5.41, 5.74) is 0.412. The summed E-state index contributed by atoms with van der Waals surface area (Å²) in [4.78, 5) is 0. The molecule has 0 saturated carbocycles. The molecule has 0 aliphatic rings. The quantitative estimate of drug-likeness (QED) is 0.790. The molecule has 5 heteroatoms. The van der Waals surface area contributed by atoms with Gasteiger partial charge in [0.1, 0.15) is 12.4 Å². The Morgan fingerprint density at radius 3 is 2.74 bits per heavy atom. The number of benzene rings is 2. The first-order valence-corrected chi connectivity index (χ1v) is 6.68. The standard InChI is InChI=1S/C14H11BrClFO2/c1-18-12-4-2-3-9(14(12)17)8-19-13-7-10(15)5-6-11(13)16/h2-7H,8H2,1H3. The van der Waals surface area contributed by atoms with Crippen molar-refractivity contribution in [3.05, 3.63) is 57.3 Å². The average Bonchev–Trinajstić information content (AvgIpc) is 2.41. The van der Waals surface area contributed by atoms with Gasteiger partial charge in [0.25, 0.3) is 0 Å². The Hall–Kier alpha value is -1.26. The van der Waals surface area contributed by atoms with E-state index in [-0.39, 0.29) is 12.4 Å². The summed E-state index contributed by atoms with van der Waals surface area (Å²) in [5, 5.41) is 0.478. The van der Waals surface area contributed by atoms with Crippen LogP contribution in [0, 0.1) is 5.82 Å². The van der Waals surface area contributed by atoms with Crippen LogP contribution in [0.15, 0.2) is 40.9 Å². The summed E-state index contributed by atoms with van der Waals surface area (Å²) in [5.74, 6) is 0.274. The first-order chi connectivity index (χ1) is 9.11. The highest BCUT2D eigenvalue weighted by Crippen LogP contribution is 2.29. The molecule has 0 aromatic heterocycles. The van der Waals surface area contributed by atoms with Crippen molar-refractivity contribution in [2.75, 3.05) is 7.11 Å². The van der Waals surface area contributed by atoms with Gasteiger partial charge in [-0.2, -0.15) is 0 Å². The van der Waals surface area contributed by atoms with Crippen LogP contribution in [-0.4, -0.2) is 7.11 Å². The first kappa shape index (κ1) is 14.2. The van der Waals surface area contributed by atoms with E-state index in [9.17, 15) is 4.39 Å². The van der Waals surface area contributed by atoms with Crippen LogP contribution in [-0.2, 0) is 6.61 Å². The molecule has 0 unspecified atom stereocenters. The fourth-order valence-electron chi connectivity index (χ4n) is 1.57. The number of methoxy groups -OCH3 is 1. The van der Waals surface area contributed by atoms with Crippen molar-refractivity contribution in [1.82, 2.24) is 0 Å². The van der Waals surface area contributed by atoms with Gasteiger partial charge in [0.15, 0.2) is 11.6 Å². The van der Waals surface area contributed by atoms with E-state index in [1.54, 1.807) is 36.4 Å². The Labute approximate surface area is 124 Å². The Bertz CT molecular complexity index is 590. The molecule has 2 aromatic carbocycles. The fourth-order valence-corrected chi connectivity index (χ4v) is 2.08. The molecule has 0 spiro atoms. The third-order valence-corrected chi connectivity index (χ3v) is 3.35. The second-order valence-electron chi connectivity index (χ2n) is 3.80. The molecular weight excluding hydrogens is 335 g/mol. The van der Waals surface area contributed by atoms with Crippen LogP contribution in [0.25, 0.3) is 0 Å². The first-order valence-electron chi connectivity index (χ1n) is 5.51. The number of hydrogen-bond acceptors (Lipinski definition) is 2. The molecule has 0 bridgehead atoms. The molecule has 0 fully saturated rings. The van der Waals surface area contributed by atoms with E-state index >= 15 is 0 Å². The van der Waals surface area contributed by atoms with Crippen molar-refractivity contribution in [2.24, 2.45) is 0 Å². The average molecular weight is 346 g/mol. The summed E-state index contributed by atoms with van der Waals surface area (Å²) >= 11 is 9.32. The zero-order chi connectivity index (χ0) is 13.8. The minimum absolute atomic E-state index is 0.0825. The highest BCUT2D eigenvalue weighted by Gasteiger charge is 2.10. The number of rotatable bonds is 4. The Balaban J connectivity index is 2.17. The van der Waals surface area contributed by atoms with E-state index in [2.05, 4.69) is 15.9 Å². The van der Waals surface area contributed by atoms with Gasteiger partial charge in [-0.25, -0.2) is 4.39 Å². The molecule has 0 radical (unpaired) electrons. The lowest BCUT2D eigenvalue weighted by atomic mass is 10.2. The van der Waals surface area contributed by atoms with Gasteiger partial charge in [0.05, 0.1) is 12.1 Å². The molecule has 100 valence electrons. The lowest BCUT2D eigenvalue weighted by Crippen LogP contribution is -2.00. The molecule has 19 heavy (non-hydrogen) atoms. The smallest absolute Gasteiger partial charge is 0.171 e. The van der Waals surface area contributed by atoms with E-state index in [1.807, 2.05) is 0 Å². The summed E-state index contributed by atoms with van der Waals surface area (Å²) < 4.78 is 25.2. The molecule has 0 heterocycles. The minimum Gasteiger partial charge on any atom is -0.494 e. The molecule has 0 atom stereocenters. The number of ether oxygens (including phenoxy) is 2. The summed E-state index contributed by atoms with van der Waals surface area (Å²) in [6.45, 7) is 0.0825. The van der Waals surface area contributed by atoms with Gasteiger partial charge < -0.3 is 9.47 Å². The maximum absolute atomic E-state index is 13.9. The third-order valence-electron chi connectivity index (χ3n) is 2.54. The molecule has 0 aliphatic carbocycles. The topological polar surface area (TPSA) is 18.5 Å². The molecule has 2 rings (SSSR count). The van der Waals surface area contributed by atoms with Crippen LogP contribution in [0.1, 0.15) is 5.56 Å². The van der Waals surface area contributed by atoms with Crippen LogP contribution in [0.2, 0.25) is 5.02 Å². The van der Waals surface area contributed by atoms with Gasteiger partial charge in [0.2, 0.25) is 0 Å². The van der Waals surface area contributed by atoms with Crippen molar-refractivity contribution >= 4 is 27.5 Å². The predicted molar refractivity (Wildman–Crippen MR) is 76.4 cm³/mol. The maximum Gasteiger partial charge on any atom is 0.171 e. The Morgan fingerprint density at radius 1 is 1.21 bits per heavy atom. The zero-order valence-electron chi connectivity index (χ0n) is 10.1. The molecule has 0 aliphatic heterocycles. The van der Waals surface area contributed by atoms with Crippen LogP contribution in [0.4, 0.5) is 4.39 Å². The molecule has 0 saturated heterocycles. The van der Waals surface area contributed by atoms with Crippen molar-refractivity contribution in [1.29, 1.82) is 0 Å². The normalized spacial score (nSPS) is 10.3. The molecular formula is C14H11BrClFO2. The van der Waals surface area contributed by atoms with Crippen molar-refractivity contribution in [2.45, 2.75) is 6.61 Å². The second kappa shape index (κ2) is 6.26. The summed E-state index contributed by atoms with van der Waals surface area (Å²) in [6, 6.07) is 10.2. The van der Waals surface area contributed by atoms with E-state index in [0.717, 1.165) is 4.47 Å². The fraction of sp³-hybridized carbons (Fsp3) is 0.143. The van der Waals surface area contributed by atoms with Crippen molar-refractivity contribution in [3.8, 4) is 11.5 Å². The zero-order valence-corrected chi connectivity index (χ0v) is 12.5. The maximum atomic E-state index is 13.9. The van der Waals surface area contributed by atoms with Crippen LogP contribution in [0.5, 0.6) is 11.5 Å². The largest absolute Gasteiger partial charge is 0.494 e. The van der Waals surface area contributed by atoms with Gasteiger partial charge in [-0.1, -0.05) is 39.7 Å². The summed E-state index contributed by atoms with van der Waals surface area (Å²) in [6.07, 6.45) is 0. The second-order valence-corrected chi connectivity index (χ2v) is 5.12. The van der Waals surface area contributed by atoms with E-state index in [4.69, 9.17) is 21.1 Å². The lowest BCUT2D eigenvalue weighted by molar-refractivity contribution is 0.295. The van der Waals surface area contributed by atoms with Gasteiger partial charge in [-0.3, -0.25) is 0 Å². The minimum atomic E-state index is -0.420. The highest BCUT2D eigenvalue weighted by molar-refractivity contribution is 9.10. The van der Waals surface area contributed by atoms with E-state index < -0.39 is 5.82 Å². The van der Waals surface area contributed by atoms with Crippen LogP contribution in [0.3, 0.4) is 0 Å². The third kappa shape index (κ3) is 3.39. The monoisotopic (exact) mass is 344 g/mol. The van der Waals surface area contributed by atoms with Gasteiger partial charge in [0, 0.05) is 10.0 Å². The molecule has 2 aromatic rings. The van der Waals surface area contributed by atoms with E-state index in [1.165, 1.54) is 7.11 Å². The lowest BCUT2D eigenvalue weighted by Gasteiger charge is -2.10. The van der Waals surface area contributed by atoms with Crippen molar-refractivity contribution < 1.29 is 13.9 Å². The van der Waals surface area contributed by atoms with Crippen molar-refractivity contribution in [3.63, 3.8) is 0 Å². The SMILES string of the molecule is COc1cccc(COc2cc(Br)ccc2Cl)c1F. The molecule has 0 N–H and O–H groups in total. The Kier molecular flexibility index (Phi) is 4.66. The number of hydrogen-bond donors (Lipinski definition) is 0. The predicted octanol–water partition coefficient (Wildman–Crippen LogP) is 4.83. The van der Waals surface area contributed by atoms with Crippen LogP contribution < -0.4 is 9.47 Å². The summed E-state index contributed by atoms with van der Waals surface area (Å²) in [7, 11) is 1.42. The highest BCUT2D eigenvalue weighted by atomic mass is 79.9. The van der Waals surface area contributed by atoms with Gasteiger partial charge in [-0.15, -0.1) is 0 Å².